The van der Waals surface area contributed by atoms with Crippen LogP contribution < -0.4 is 0 Å². The van der Waals surface area contributed by atoms with Gasteiger partial charge in [0.15, 0.2) is 0 Å². The van der Waals surface area contributed by atoms with Gasteiger partial charge in [0.2, 0.25) is 0 Å². The summed E-state index contributed by atoms with van der Waals surface area (Å²) in [4.78, 5) is 77.6. The molecule has 1 fully saturated rings. The number of esters is 2. The third-order valence-electron chi connectivity index (χ3n) is 6.87. The number of rotatable bonds is 21. The van der Waals surface area contributed by atoms with Crippen molar-refractivity contribution in [3.8, 4) is 0 Å². The van der Waals surface area contributed by atoms with Crippen molar-refractivity contribution in [3.05, 3.63) is 0 Å². The molecule has 0 bridgehead atoms. The predicted molar refractivity (Wildman–Crippen MR) is 161 cm³/mol. The minimum Gasteiger partial charge on any atom is -0.460 e. The van der Waals surface area contributed by atoms with Crippen LogP contribution in [-0.4, -0.2) is 51.8 Å². The van der Waals surface area contributed by atoms with E-state index in [4.69, 9.17) is 14.3 Å². The zero-order valence-electron chi connectivity index (χ0n) is 27.4. The van der Waals surface area contributed by atoms with Crippen LogP contribution in [0.2, 0.25) is 0 Å². The summed E-state index contributed by atoms with van der Waals surface area (Å²) in [5, 5.41) is 0.479. The monoisotopic (exact) mass is 609 g/mol. The van der Waals surface area contributed by atoms with Crippen LogP contribution in [0.5, 0.6) is 0 Å². The van der Waals surface area contributed by atoms with Crippen molar-refractivity contribution in [2.45, 2.75) is 168 Å². The predicted octanol–water partition coefficient (Wildman–Crippen LogP) is 6.70. The summed E-state index contributed by atoms with van der Waals surface area (Å²) in [6, 6.07) is 0. The van der Waals surface area contributed by atoms with E-state index in [9.17, 15) is 28.8 Å². The first kappa shape index (κ1) is 38.2. The third kappa shape index (κ3) is 19.2. The number of nitrogens with zero attached hydrogens (tertiary/aromatic N) is 1. The molecular weight excluding hydrogens is 554 g/mol. The number of carbonyl (C=O) groups is 6. The van der Waals surface area contributed by atoms with E-state index in [-0.39, 0.29) is 43.9 Å². The maximum atomic E-state index is 12.7. The number of Topliss-reactive ketones (excluding diaryl/α,β-unsaturated/α-hetero) is 1. The fraction of sp³-hybridized carbons (Fsp3) is 0.818. The zero-order valence-corrected chi connectivity index (χ0v) is 27.4. The van der Waals surface area contributed by atoms with Gasteiger partial charge in [-0.05, 0) is 60.8 Å². The van der Waals surface area contributed by atoms with Gasteiger partial charge in [0.1, 0.15) is 17.0 Å². The molecule has 43 heavy (non-hydrogen) atoms. The van der Waals surface area contributed by atoms with Gasteiger partial charge in [0.05, 0.1) is 5.92 Å². The maximum absolute atomic E-state index is 12.7. The molecule has 0 radical (unpaired) electrons. The van der Waals surface area contributed by atoms with E-state index in [1.807, 2.05) is 20.8 Å². The van der Waals surface area contributed by atoms with Crippen molar-refractivity contribution in [1.82, 2.24) is 5.06 Å². The van der Waals surface area contributed by atoms with Gasteiger partial charge in [-0.3, -0.25) is 24.0 Å². The van der Waals surface area contributed by atoms with Crippen LogP contribution in [-0.2, 0) is 43.1 Å². The molecular formula is C33H55NO9. The quantitative estimate of drug-likeness (QED) is 0.0791. The van der Waals surface area contributed by atoms with Crippen LogP contribution in [0.1, 0.15) is 157 Å². The molecule has 1 heterocycles. The Balaban J connectivity index is 2.22. The van der Waals surface area contributed by atoms with E-state index in [1.54, 1.807) is 20.8 Å². The first-order valence-corrected chi connectivity index (χ1v) is 16.1. The topological polar surface area (TPSA) is 133 Å². The van der Waals surface area contributed by atoms with E-state index >= 15 is 0 Å². The lowest BCUT2D eigenvalue weighted by atomic mass is 9.94. The Bertz CT molecular complexity index is 914. The fourth-order valence-corrected chi connectivity index (χ4v) is 4.74. The average Bonchev–Trinajstić information content (AvgIpc) is 3.19. The number of hydroxylamine groups is 2. The van der Waals surface area contributed by atoms with E-state index in [0.717, 1.165) is 51.4 Å². The molecule has 0 aromatic heterocycles. The van der Waals surface area contributed by atoms with Gasteiger partial charge >= 0.3 is 17.9 Å². The third-order valence-corrected chi connectivity index (χ3v) is 6.87. The van der Waals surface area contributed by atoms with Crippen LogP contribution in [0.4, 0.5) is 0 Å². The Kier molecular flexibility index (Phi) is 17.3. The number of hydrogen-bond acceptors (Lipinski definition) is 9. The molecule has 0 aromatic rings. The van der Waals surface area contributed by atoms with Crippen molar-refractivity contribution in [2.75, 3.05) is 0 Å². The first-order chi connectivity index (χ1) is 20.1. The highest BCUT2D eigenvalue weighted by Gasteiger charge is 2.34. The van der Waals surface area contributed by atoms with Gasteiger partial charge in [-0.25, -0.2) is 4.79 Å². The Morgan fingerprint density at radius 2 is 1.07 bits per heavy atom. The van der Waals surface area contributed by atoms with Crippen LogP contribution >= 0.6 is 0 Å². The van der Waals surface area contributed by atoms with Crippen LogP contribution in [0.3, 0.4) is 0 Å². The number of carbonyl (C=O) groups excluding carboxylic acids is 6. The molecule has 2 amide bonds. The van der Waals surface area contributed by atoms with Gasteiger partial charge in [-0.15, -0.1) is 5.06 Å². The minimum atomic E-state index is -0.804. The Morgan fingerprint density at radius 3 is 1.53 bits per heavy atom. The molecule has 246 valence electrons. The van der Waals surface area contributed by atoms with Crippen molar-refractivity contribution < 1.29 is 43.1 Å². The SMILES string of the molecule is CC(C)(C)OC(=O)CCCCCCCCCCCCCC(=O)C[C@@H](CCC(=O)ON1C(=O)CCC1=O)C(=O)OC(C)(C)C. The smallest absolute Gasteiger partial charge is 0.333 e. The molecule has 1 rings (SSSR count). The highest BCUT2D eigenvalue weighted by atomic mass is 16.7. The Morgan fingerprint density at radius 1 is 0.628 bits per heavy atom. The summed E-state index contributed by atoms with van der Waals surface area (Å²) in [5.74, 6) is -3.47. The lowest BCUT2D eigenvalue weighted by Gasteiger charge is -2.23. The minimum absolute atomic E-state index is 0.00105. The maximum Gasteiger partial charge on any atom is 0.333 e. The summed E-state index contributed by atoms with van der Waals surface area (Å²) < 4.78 is 10.8. The van der Waals surface area contributed by atoms with E-state index in [2.05, 4.69) is 0 Å². The molecule has 0 unspecified atom stereocenters. The average molecular weight is 610 g/mol. The molecule has 0 aliphatic carbocycles. The fourth-order valence-electron chi connectivity index (χ4n) is 4.74. The molecule has 0 aromatic carbocycles. The Hall–Kier alpha value is -2.78. The molecule has 1 atom stereocenters. The summed E-state index contributed by atoms with van der Waals surface area (Å²) in [5.41, 5.74) is -1.16. The Labute approximate surface area is 257 Å². The summed E-state index contributed by atoms with van der Waals surface area (Å²) in [6.07, 6.45) is 12.3. The zero-order chi connectivity index (χ0) is 32.5. The summed E-state index contributed by atoms with van der Waals surface area (Å²) >= 11 is 0. The number of imide groups is 1. The lowest BCUT2D eigenvalue weighted by Crippen LogP contribution is -2.33. The number of ether oxygens (including phenoxy) is 2. The first-order valence-electron chi connectivity index (χ1n) is 16.1. The number of amides is 2. The second-order valence-electron chi connectivity index (χ2n) is 13.5. The lowest BCUT2D eigenvalue weighted by molar-refractivity contribution is -0.197. The molecule has 10 nitrogen and oxygen atoms in total. The van der Waals surface area contributed by atoms with Crippen LogP contribution in [0, 0.1) is 5.92 Å². The van der Waals surface area contributed by atoms with Gasteiger partial charge in [-0.2, -0.15) is 0 Å². The number of hydrogen-bond donors (Lipinski definition) is 0. The molecule has 0 N–H and O–H groups in total. The summed E-state index contributed by atoms with van der Waals surface area (Å²) in [6.45, 7) is 10.9. The van der Waals surface area contributed by atoms with Crippen molar-refractivity contribution in [1.29, 1.82) is 0 Å². The van der Waals surface area contributed by atoms with Crippen LogP contribution in [0.15, 0.2) is 0 Å². The highest BCUT2D eigenvalue weighted by molar-refractivity contribution is 6.01. The highest BCUT2D eigenvalue weighted by Crippen LogP contribution is 2.22. The van der Waals surface area contributed by atoms with E-state index in [0.29, 0.717) is 17.9 Å². The molecule has 10 heteroatoms. The summed E-state index contributed by atoms with van der Waals surface area (Å²) in [7, 11) is 0. The van der Waals surface area contributed by atoms with Crippen molar-refractivity contribution >= 4 is 35.5 Å². The van der Waals surface area contributed by atoms with Crippen molar-refractivity contribution in [3.63, 3.8) is 0 Å². The largest absolute Gasteiger partial charge is 0.460 e. The van der Waals surface area contributed by atoms with Crippen LogP contribution in [0.25, 0.3) is 0 Å². The molecule has 0 spiro atoms. The molecule has 1 aliphatic rings. The molecule has 1 saturated heterocycles. The molecule has 1 aliphatic heterocycles. The number of ketones is 1. The normalized spacial score (nSPS) is 14.5. The standard InChI is InChI=1S/C33H55NO9/c1-32(2,3)41-29(38)19-17-15-13-11-9-7-8-10-12-14-16-18-26(35)24-25(31(40)42-33(4,5)6)20-23-30(39)43-34-27(36)21-22-28(34)37/h25H,7-24H2,1-6H3/t25-/m1/s1. The van der Waals surface area contributed by atoms with Gasteiger partial charge in [-0.1, -0.05) is 57.8 Å². The molecule has 0 saturated carbocycles. The van der Waals surface area contributed by atoms with Gasteiger partial charge < -0.3 is 14.3 Å². The van der Waals surface area contributed by atoms with E-state index < -0.39 is 40.9 Å². The van der Waals surface area contributed by atoms with Crippen molar-refractivity contribution in [2.24, 2.45) is 5.92 Å². The second kappa shape index (κ2) is 19.5. The van der Waals surface area contributed by atoms with E-state index in [1.165, 1.54) is 19.3 Å². The van der Waals surface area contributed by atoms with Gasteiger partial charge in [0, 0.05) is 38.5 Å². The number of unbranched alkanes of at least 4 members (excludes halogenated alkanes) is 10. The second-order valence-corrected chi connectivity index (χ2v) is 13.5. The van der Waals surface area contributed by atoms with Gasteiger partial charge in [0.25, 0.3) is 11.8 Å².